The summed E-state index contributed by atoms with van der Waals surface area (Å²) in [7, 11) is 0. The van der Waals surface area contributed by atoms with E-state index in [0.29, 0.717) is 6.54 Å². The minimum Gasteiger partial charge on any atom is -0.394 e. The Labute approximate surface area is 108 Å². The third-order valence-corrected chi connectivity index (χ3v) is 3.87. The van der Waals surface area contributed by atoms with E-state index in [1.54, 1.807) is 22.9 Å². The van der Waals surface area contributed by atoms with Crippen LogP contribution in [0.1, 0.15) is 32.1 Å². The normalized spacial score (nSPS) is 18.7. The van der Waals surface area contributed by atoms with Crippen LogP contribution in [0.25, 0.3) is 0 Å². The van der Waals surface area contributed by atoms with Gasteiger partial charge in [-0.2, -0.15) is 0 Å². The highest BCUT2D eigenvalue weighted by atomic mass is 16.3. The summed E-state index contributed by atoms with van der Waals surface area (Å²) in [5, 5.41) is 13.0. The number of hydrogen-bond acceptors (Lipinski definition) is 3. The van der Waals surface area contributed by atoms with Crippen LogP contribution in [0.15, 0.2) is 29.2 Å². The molecule has 1 aromatic heterocycles. The average Bonchev–Trinajstić information content (AvgIpc) is 2.42. The predicted molar refractivity (Wildman–Crippen MR) is 71.6 cm³/mol. The number of pyridine rings is 1. The number of nitrogens with zero attached hydrogens (tertiary/aromatic N) is 1. The van der Waals surface area contributed by atoms with E-state index in [0.717, 1.165) is 19.4 Å². The molecule has 0 unspecified atom stereocenters. The molecule has 1 fully saturated rings. The van der Waals surface area contributed by atoms with Crippen LogP contribution in [0.5, 0.6) is 0 Å². The molecule has 18 heavy (non-hydrogen) atoms. The SMILES string of the molecule is O=c1ccccn1CCNC1(CO)CCCCC1. The van der Waals surface area contributed by atoms with Crippen molar-refractivity contribution in [3.63, 3.8) is 0 Å². The van der Waals surface area contributed by atoms with Gasteiger partial charge in [-0.1, -0.05) is 25.3 Å². The minimum atomic E-state index is -0.114. The molecule has 100 valence electrons. The number of aliphatic hydroxyl groups excluding tert-OH is 1. The summed E-state index contributed by atoms with van der Waals surface area (Å²) in [6.45, 7) is 1.57. The van der Waals surface area contributed by atoms with Crippen LogP contribution in [0.4, 0.5) is 0 Å². The molecule has 2 N–H and O–H groups in total. The molecule has 0 amide bonds. The maximum atomic E-state index is 11.5. The monoisotopic (exact) mass is 250 g/mol. The summed E-state index contributed by atoms with van der Waals surface area (Å²) < 4.78 is 1.70. The molecule has 1 heterocycles. The molecule has 0 aliphatic heterocycles. The first-order valence-electron chi connectivity index (χ1n) is 6.77. The molecular weight excluding hydrogens is 228 g/mol. The molecule has 1 saturated carbocycles. The van der Waals surface area contributed by atoms with Crippen LogP contribution < -0.4 is 10.9 Å². The molecule has 1 aromatic rings. The van der Waals surface area contributed by atoms with Crippen molar-refractivity contribution in [2.45, 2.75) is 44.2 Å². The van der Waals surface area contributed by atoms with Gasteiger partial charge in [-0.3, -0.25) is 4.79 Å². The Morgan fingerprint density at radius 2 is 2.06 bits per heavy atom. The van der Waals surface area contributed by atoms with Crippen LogP contribution in [0, 0.1) is 0 Å². The van der Waals surface area contributed by atoms with Crippen molar-refractivity contribution >= 4 is 0 Å². The van der Waals surface area contributed by atoms with Gasteiger partial charge in [0.05, 0.1) is 6.61 Å². The molecule has 0 spiro atoms. The summed E-state index contributed by atoms with van der Waals surface area (Å²) in [6.07, 6.45) is 7.50. The first kappa shape index (κ1) is 13.3. The van der Waals surface area contributed by atoms with Gasteiger partial charge in [-0.25, -0.2) is 0 Å². The molecule has 0 atom stereocenters. The van der Waals surface area contributed by atoms with Crippen LogP contribution in [0.2, 0.25) is 0 Å². The second kappa shape index (κ2) is 6.16. The van der Waals surface area contributed by atoms with E-state index in [4.69, 9.17) is 0 Å². The molecule has 0 aromatic carbocycles. The first-order chi connectivity index (χ1) is 8.76. The Morgan fingerprint density at radius 1 is 1.28 bits per heavy atom. The Balaban J connectivity index is 1.87. The lowest BCUT2D eigenvalue weighted by Crippen LogP contribution is -2.51. The highest BCUT2D eigenvalue weighted by molar-refractivity contribution is 4.94. The summed E-state index contributed by atoms with van der Waals surface area (Å²) in [6, 6.07) is 5.19. The van der Waals surface area contributed by atoms with Crippen molar-refractivity contribution in [3.8, 4) is 0 Å². The largest absolute Gasteiger partial charge is 0.394 e. The van der Waals surface area contributed by atoms with Crippen molar-refractivity contribution in [2.75, 3.05) is 13.2 Å². The van der Waals surface area contributed by atoms with E-state index in [2.05, 4.69) is 5.32 Å². The maximum Gasteiger partial charge on any atom is 0.250 e. The van der Waals surface area contributed by atoms with Crippen LogP contribution in [0.3, 0.4) is 0 Å². The topological polar surface area (TPSA) is 54.3 Å². The molecule has 4 heteroatoms. The van der Waals surface area contributed by atoms with E-state index in [-0.39, 0.29) is 17.7 Å². The van der Waals surface area contributed by atoms with E-state index in [1.807, 2.05) is 6.07 Å². The fourth-order valence-corrected chi connectivity index (χ4v) is 2.71. The van der Waals surface area contributed by atoms with Crippen molar-refractivity contribution in [1.82, 2.24) is 9.88 Å². The second-order valence-corrected chi connectivity index (χ2v) is 5.16. The van der Waals surface area contributed by atoms with Crippen LogP contribution in [-0.4, -0.2) is 28.4 Å². The van der Waals surface area contributed by atoms with Gasteiger partial charge < -0.3 is 15.0 Å². The van der Waals surface area contributed by atoms with Gasteiger partial charge in [0.25, 0.3) is 5.56 Å². The molecule has 0 saturated heterocycles. The third kappa shape index (κ3) is 3.21. The predicted octanol–water partition coefficient (Wildman–Crippen LogP) is 1.13. The van der Waals surface area contributed by atoms with Gasteiger partial charge in [0.1, 0.15) is 0 Å². The molecule has 1 aliphatic carbocycles. The van der Waals surface area contributed by atoms with Crippen molar-refractivity contribution in [2.24, 2.45) is 0 Å². The zero-order valence-electron chi connectivity index (χ0n) is 10.8. The third-order valence-electron chi connectivity index (χ3n) is 3.87. The Bertz CT molecular complexity index is 422. The van der Waals surface area contributed by atoms with E-state index in [1.165, 1.54) is 19.3 Å². The number of hydrogen-bond donors (Lipinski definition) is 2. The van der Waals surface area contributed by atoms with Crippen LogP contribution in [-0.2, 0) is 6.54 Å². The molecular formula is C14H22N2O2. The quantitative estimate of drug-likeness (QED) is 0.824. The van der Waals surface area contributed by atoms with Crippen molar-refractivity contribution in [3.05, 3.63) is 34.7 Å². The summed E-state index contributed by atoms with van der Waals surface area (Å²) in [5.41, 5.74) is -0.0857. The lowest BCUT2D eigenvalue weighted by Gasteiger charge is -2.36. The van der Waals surface area contributed by atoms with Gasteiger partial charge >= 0.3 is 0 Å². The standard InChI is InChI=1S/C14H22N2O2/c17-12-14(7-3-1-4-8-14)15-9-11-16-10-5-2-6-13(16)18/h2,5-6,10,15,17H,1,3-4,7-9,11-12H2. The molecule has 0 radical (unpaired) electrons. The number of nitrogens with one attached hydrogen (secondary N) is 1. The Hall–Kier alpha value is -1.13. The molecule has 4 nitrogen and oxygen atoms in total. The molecule has 2 rings (SSSR count). The van der Waals surface area contributed by atoms with Gasteiger partial charge in [0.2, 0.25) is 0 Å². The maximum absolute atomic E-state index is 11.5. The molecule has 1 aliphatic rings. The fraction of sp³-hybridized carbons (Fsp3) is 0.643. The molecule has 0 bridgehead atoms. The van der Waals surface area contributed by atoms with E-state index >= 15 is 0 Å². The van der Waals surface area contributed by atoms with Gasteiger partial charge in [-0.15, -0.1) is 0 Å². The summed E-state index contributed by atoms with van der Waals surface area (Å²) in [5.74, 6) is 0. The van der Waals surface area contributed by atoms with Gasteiger partial charge in [0.15, 0.2) is 0 Å². The average molecular weight is 250 g/mol. The lowest BCUT2D eigenvalue weighted by atomic mass is 9.82. The van der Waals surface area contributed by atoms with Gasteiger partial charge in [0, 0.05) is 30.9 Å². The van der Waals surface area contributed by atoms with Crippen LogP contribution >= 0.6 is 0 Å². The first-order valence-corrected chi connectivity index (χ1v) is 6.77. The Kier molecular flexibility index (Phi) is 4.55. The lowest BCUT2D eigenvalue weighted by molar-refractivity contribution is 0.120. The highest BCUT2D eigenvalue weighted by Crippen LogP contribution is 2.27. The number of rotatable bonds is 5. The van der Waals surface area contributed by atoms with E-state index in [9.17, 15) is 9.90 Å². The van der Waals surface area contributed by atoms with Crippen molar-refractivity contribution < 1.29 is 5.11 Å². The van der Waals surface area contributed by atoms with Gasteiger partial charge in [-0.05, 0) is 18.9 Å². The zero-order chi connectivity index (χ0) is 12.8. The summed E-state index contributed by atoms with van der Waals surface area (Å²) >= 11 is 0. The zero-order valence-corrected chi connectivity index (χ0v) is 10.8. The Morgan fingerprint density at radius 3 is 2.72 bits per heavy atom. The number of aromatic nitrogens is 1. The smallest absolute Gasteiger partial charge is 0.250 e. The minimum absolute atomic E-state index is 0.0287. The summed E-state index contributed by atoms with van der Waals surface area (Å²) in [4.78, 5) is 11.5. The second-order valence-electron chi connectivity index (χ2n) is 5.16. The number of aliphatic hydroxyl groups is 1. The fourth-order valence-electron chi connectivity index (χ4n) is 2.71. The van der Waals surface area contributed by atoms with E-state index < -0.39 is 0 Å². The highest BCUT2D eigenvalue weighted by Gasteiger charge is 2.30. The van der Waals surface area contributed by atoms with Crippen molar-refractivity contribution in [1.29, 1.82) is 0 Å².